The van der Waals surface area contributed by atoms with Crippen LogP contribution in [0.15, 0.2) is 84.9 Å². The van der Waals surface area contributed by atoms with Crippen LogP contribution in [0.5, 0.6) is 11.5 Å². The first-order valence-electron chi connectivity index (χ1n) is 9.66. The Labute approximate surface area is 166 Å². The average molecular weight is 374 g/mol. The predicted molar refractivity (Wildman–Crippen MR) is 112 cm³/mol. The number of carbonyl (C=O) groups excluding carboxylic acids is 1. The first-order valence-corrected chi connectivity index (χ1v) is 9.66. The highest BCUT2D eigenvalue weighted by molar-refractivity contribution is 5.66. The summed E-state index contributed by atoms with van der Waals surface area (Å²) in [5.74, 6) is 1.47. The fourth-order valence-corrected chi connectivity index (χ4v) is 3.39. The SMILES string of the molecule is CC(=O)O[C@H](C)[C@@H](CCc1ccccc1)c1ccc(Oc2ccccc2)cc1. The molecular formula is C25H26O3. The molecule has 3 nitrogen and oxygen atoms in total. The smallest absolute Gasteiger partial charge is 0.302 e. The van der Waals surface area contributed by atoms with Crippen molar-refractivity contribution in [3.63, 3.8) is 0 Å². The Kier molecular flexibility index (Phi) is 6.85. The molecule has 0 amide bonds. The van der Waals surface area contributed by atoms with Gasteiger partial charge in [0.15, 0.2) is 0 Å². The van der Waals surface area contributed by atoms with Crippen LogP contribution >= 0.6 is 0 Å². The lowest BCUT2D eigenvalue weighted by atomic mass is 9.88. The highest BCUT2D eigenvalue weighted by Crippen LogP contribution is 2.30. The lowest BCUT2D eigenvalue weighted by molar-refractivity contribution is -0.146. The van der Waals surface area contributed by atoms with Gasteiger partial charge in [-0.3, -0.25) is 4.79 Å². The lowest BCUT2D eigenvalue weighted by Gasteiger charge is -2.24. The van der Waals surface area contributed by atoms with Gasteiger partial charge < -0.3 is 9.47 Å². The molecule has 3 aromatic carbocycles. The molecule has 0 aliphatic heterocycles. The third-order valence-corrected chi connectivity index (χ3v) is 4.79. The number of hydrogen-bond donors (Lipinski definition) is 0. The molecular weight excluding hydrogens is 348 g/mol. The Morgan fingerprint density at radius 2 is 1.39 bits per heavy atom. The molecule has 0 aliphatic rings. The molecule has 0 heterocycles. The van der Waals surface area contributed by atoms with E-state index in [2.05, 4.69) is 36.4 Å². The molecule has 0 aromatic heterocycles. The summed E-state index contributed by atoms with van der Waals surface area (Å²) in [7, 11) is 0. The molecule has 0 spiro atoms. The van der Waals surface area contributed by atoms with Crippen LogP contribution in [0.3, 0.4) is 0 Å². The van der Waals surface area contributed by atoms with Gasteiger partial charge in [0.1, 0.15) is 17.6 Å². The number of aryl methyl sites for hydroxylation is 1. The van der Waals surface area contributed by atoms with Gasteiger partial charge in [0.05, 0.1) is 0 Å². The van der Waals surface area contributed by atoms with E-state index in [0.717, 1.165) is 29.9 Å². The topological polar surface area (TPSA) is 35.5 Å². The second-order valence-electron chi connectivity index (χ2n) is 6.93. The number of ether oxygens (including phenoxy) is 2. The van der Waals surface area contributed by atoms with Crippen molar-refractivity contribution in [3.8, 4) is 11.5 Å². The minimum atomic E-state index is -0.249. The van der Waals surface area contributed by atoms with Crippen LogP contribution in [-0.2, 0) is 16.0 Å². The first-order chi connectivity index (χ1) is 13.6. The van der Waals surface area contributed by atoms with Gasteiger partial charge in [-0.1, -0.05) is 60.7 Å². The molecule has 0 fully saturated rings. The molecule has 28 heavy (non-hydrogen) atoms. The summed E-state index contributed by atoms with van der Waals surface area (Å²) in [6.07, 6.45) is 1.64. The van der Waals surface area contributed by atoms with E-state index >= 15 is 0 Å². The monoisotopic (exact) mass is 374 g/mol. The third kappa shape index (κ3) is 5.71. The Morgan fingerprint density at radius 1 is 0.821 bits per heavy atom. The summed E-state index contributed by atoms with van der Waals surface area (Å²) < 4.78 is 11.4. The van der Waals surface area contributed by atoms with Crippen molar-refractivity contribution in [2.24, 2.45) is 0 Å². The Hall–Kier alpha value is -3.07. The number of para-hydroxylation sites is 1. The van der Waals surface area contributed by atoms with E-state index in [0.29, 0.717) is 0 Å². The average Bonchev–Trinajstić information content (AvgIpc) is 2.70. The van der Waals surface area contributed by atoms with E-state index < -0.39 is 0 Å². The van der Waals surface area contributed by atoms with Crippen LogP contribution in [0.2, 0.25) is 0 Å². The Bertz CT molecular complexity index is 857. The molecule has 0 bridgehead atoms. The summed E-state index contributed by atoms with van der Waals surface area (Å²) in [6.45, 7) is 3.42. The fraction of sp³-hybridized carbons (Fsp3) is 0.240. The maximum atomic E-state index is 11.5. The van der Waals surface area contributed by atoms with Crippen LogP contribution in [0, 0.1) is 0 Å². The maximum absolute atomic E-state index is 11.5. The molecule has 0 aliphatic carbocycles. The zero-order chi connectivity index (χ0) is 19.8. The summed E-state index contributed by atoms with van der Waals surface area (Å²) in [5.41, 5.74) is 2.43. The zero-order valence-electron chi connectivity index (χ0n) is 16.4. The number of benzene rings is 3. The summed E-state index contributed by atoms with van der Waals surface area (Å²) in [5, 5.41) is 0. The van der Waals surface area contributed by atoms with E-state index in [-0.39, 0.29) is 18.0 Å². The van der Waals surface area contributed by atoms with Crippen molar-refractivity contribution in [2.45, 2.75) is 38.7 Å². The summed E-state index contributed by atoms with van der Waals surface area (Å²) >= 11 is 0. The molecule has 0 N–H and O–H groups in total. The van der Waals surface area contributed by atoms with Gasteiger partial charge in [0.2, 0.25) is 0 Å². The zero-order valence-corrected chi connectivity index (χ0v) is 16.4. The molecule has 0 radical (unpaired) electrons. The molecule has 3 rings (SSSR count). The number of hydrogen-bond acceptors (Lipinski definition) is 3. The molecule has 3 aromatic rings. The summed E-state index contributed by atoms with van der Waals surface area (Å²) in [6, 6.07) is 28.2. The van der Waals surface area contributed by atoms with Crippen molar-refractivity contribution >= 4 is 5.97 Å². The molecule has 2 atom stereocenters. The van der Waals surface area contributed by atoms with Crippen molar-refractivity contribution in [3.05, 3.63) is 96.1 Å². The van der Waals surface area contributed by atoms with Crippen LogP contribution in [0.25, 0.3) is 0 Å². The highest BCUT2D eigenvalue weighted by Gasteiger charge is 2.22. The highest BCUT2D eigenvalue weighted by atomic mass is 16.5. The summed E-state index contributed by atoms with van der Waals surface area (Å²) in [4.78, 5) is 11.5. The number of rotatable bonds is 8. The quantitative estimate of drug-likeness (QED) is 0.444. The second kappa shape index (κ2) is 9.75. The minimum absolute atomic E-state index is 0.120. The van der Waals surface area contributed by atoms with Crippen LogP contribution in [0.1, 0.15) is 37.3 Å². The standard InChI is InChI=1S/C25H26O3/c1-19(27-20(2)26)25(18-13-21-9-5-3-6-10-21)22-14-16-24(17-15-22)28-23-11-7-4-8-12-23/h3-12,14-17,19,25H,13,18H2,1-2H3/t19-,25-/m1/s1. The predicted octanol–water partition coefficient (Wildman–Crippen LogP) is 6.15. The van der Waals surface area contributed by atoms with Crippen molar-refractivity contribution in [2.75, 3.05) is 0 Å². The molecule has 0 saturated heterocycles. The normalized spacial score (nSPS) is 12.8. The van der Waals surface area contributed by atoms with E-state index in [9.17, 15) is 4.79 Å². The van der Waals surface area contributed by atoms with Gasteiger partial charge in [0, 0.05) is 12.8 Å². The molecule has 144 valence electrons. The van der Waals surface area contributed by atoms with Crippen molar-refractivity contribution < 1.29 is 14.3 Å². The van der Waals surface area contributed by atoms with Gasteiger partial charge in [-0.2, -0.15) is 0 Å². The first kappa shape index (κ1) is 19.7. The van der Waals surface area contributed by atoms with Gasteiger partial charge in [-0.25, -0.2) is 0 Å². The third-order valence-electron chi connectivity index (χ3n) is 4.79. The fourth-order valence-electron chi connectivity index (χ4n) is 3.39. The van der Waals surface area contributed by atoms with E-state index in [1.165, 1.54) is 12.5 Å². The number of esters is 1. The van der Waals surface area contributed by atoms with E-state index in [4.69, 9.17) is 9.47 Å². The van der Waals surface area contributed by atoms with Gasteiger partial charge in [-0.15, -0.1) is 0 Å². The lowest BCUT2D eigenvalue weighted by Crippen LogP contribution is -2.22. The Balaban J connectivity index is 1.73. The van der Waals surface area contributed by atoms with Crippen molar-refractivity contribution in [1.82, 2.24) is 0 Å². The van der Waals surface area contributed by atoms with Crippen LogP contribution in [0.4, 0.5) is 0 Å². The van der Waals surface area contributed by atoms with E-state index in [1.807, 2.05) is 55.5 Å². The minimum Gasteiger partial charge on any atom is -0.462 e. The number of carbonyl (C=O) groups is 1. The van der Waals surface area contributed by atoms with Gasteiger partial charge in [0.25, 0.3) is 0 Å². The largest absolute Gasteiger partial charge is 0.462 e. The Morgan fingerprint density at radius 3 is 2.00 bits per heavy atom. The molecule has 0 saturated carbocycles. The maximum Gasteiger partial charge on any atom is 0.302 e. The van der Waals surface area contributed by atoms with Gasteiger partial charge >= 0.3 is 5.97 Å². The molecule has 3 heteroatoms. The van der Waals surface area contributed by atoms with Gasteiger partial charge in [-0.05, 0) is 55.2 Å². The van der Waals surface area contributed by atoms with E-state index in [1.54, 1.807) is 0 Å². The van der Waals surface area contributed by atoms with Crippen LogP contribution < -0.4 is 4.74 Å². The van der Waals surface area contributed by atoms with Crippen LogP contribution in [-0.4, -0.2) is 12.1 Å². The second-order valence-corrected chi connectivity index (χ2v) is 6.93. The van der Waals surface area contributed by atoms with Crippen molar-refractivity contribution in [1.29, 1.82) is 0 Å². The molecule has 0 unspecified atom stereocenters.